The van der Waals surface area contributed by atoms with E-state index in [-0.39, 0.29) is 0 Å². The number of nitrogens with one attached hydrogen (secondary N) is 1. The second-order valence-electron chi connectivity index (χ2n) is 6.82. The molecule has 29 heavy (non-hydrogen) atoms. The summed E-state index contributed by atoms with van der Waals surface area (Å²) in [5.41, 5.74) is 5.41. The summed E-state index contributed by atoms with van der Waals surface area (Å²) in [5.74, 6) is 1.88. The van der Waals surface area contributed by atoms with Crippen molar-refractivity contribution >= 4 is 38.6 Å². The summed E-state index contributed by atoms with van der Waals surface area (Å²) >= 11 is 3.57. The van der Waals surface area contributed by atoms with Gasteiger partial charge in [-0.15, -0.1) is 0 Å². The Morgan fingerprint density at radius 2 is 1.93 bits per heavy atom. The molecule has 0 spiro atoms. The third-order valence-electron chi connectivity index (χ3n) is 4.57. The maximum absolute atomic E-state index is 9.74. The van der Waals surface area contributed by atoms with Gasteiger partial charge in [0.1, 0.15) is 11.9 Å². The third kappa shape index (κ3) is 4.63. The summed E-state index contributed by atoms with van der Waals surface area (Å²) in [5, 5.41) is 9.74. The molecule has 1 N–H and O–H groups in total. The molecule has 0 fully saturated rings. The molecule has 0 unspecified atom stereocenters. The molecular weight excluding hydrogens is 430 g/mol. The quantitative estimate of drug-likeness (QED) is 0.432. The number of ether oxygens (including phenoxy) is 2. The Kier molecular flexibility index (Phi) is 6.60. The molecule has 0 bridgehead atoms. The number of halogens is 1. The standard InChI is InChI=1S/C23H24BrN3O2/c1-5-7-29-22-18(24)11-16(12-21(22)28-6-2)10-17(13-25)23-26-19-8-14(3)15(4)9-20(19)27-23/h8-12H,5-7H2,1-4H3,(H,26,27). The summed E-state index contributed by atoms with van der Waals surface area (Å²) in [6.45, 7) is 9.23. The van der Waals surface area contributed by atoms with Gasteiger partial charge < -0.3 is 14.5 Å². The van der Waals surface area contributed by atoms with Gasteiger partial charge in [-0.1, -0.05) is 6.92 Å². The first-order valence-corrected chi connectivity index (χ1v) is 10.4. The Morgan fingerprint density at radius 1 is 1.17 bits per heavy atom. The summed E-state index contributed by atoms with van der Waals surface area (Å²) in [6, 6.07) is 10.1. The number of rotatable bonds is 7. The summed E-state index contributed by atoms with van der Waals surface area (Å²) in [6.07, 6.45) is 2.71. The molecule has 0 aliphatic rings. The SMILES string of the molecule is CCCOc1c(Br)cc(C=C(C#N)c2nc3cc(C)c(C)cc3[nH]2)cc1OCC. The fourth-order valence-electron chi connectivity index (χ4n) is 3.00. The van der Waals surface area contributed by atoms with Crippen LogP contribution in [0.5, 0.6) is 11.5 Å². The molecule has 1 heterocycles. The van der Waals surface area contributed by atoms with Gasteiger partial charge in [-0.2, -0.15) is 5.26 Å². The molecule has 0 atom stereocenters. The lowest BCUT2D eigenvalue weighted by Crippen LogP contribution is -2.01. The molecule has 0 radical (unpaired) electrons. The Morgan fingerprint density at radius 3 is 2.62 bits per heavy atom. The number of aromatic amines is 1. The van der Waals surface area contributed by atoms with E-state index in [9.17, 15) is 5.26 Å². The van der Waals surface area contributed by atoms with E-state index in [0.717, 1.165) is 27.5 Å². The van der Waals surface area contributed by atoms with Crippen LogP contribution in [0.25, 0.3) is 22.7 Å². The molecule has 6 heteroatoms. The molecular formula is C23H24BrN3O2. The lowest BCUT2D eigenvalue weighted by atomic mass is 10.1. The van der Waals surface area contributed by atoms with Crippen molar-refractivity contribution in [3.8, 4) is 17.6 Å². The number of aryl methyl sites for hydroxylation is 2. The van der Waals surface area contributed by atoms with Crippen LogP contribution < -0.4 is 9.47 Å². The van der Waals surface area contributed by atoms with E-state index < -0.39 is 0 Å². The summed E-state index contributed by atoms with van der Waals surface area (Å²) in [7, 11) is 0. The van der Waals surface area contributed by atoms with Crippen LogP contribution >= 0.6 is 15.9 Å². The normalized spacial score (nSPS) is 11.5. The number of imidazole rings is 1. The molecule has 0 saturated heterocycles. The van der Waals surface area contributed by atoms with Crippen molar-refractivity contribution in [2.75, 3.05) is 13.2 Å². The number of hydrogen-bond acceptors (Lipinski definition) is 4. The summed E-state index contributed by atoms with van der Waals surface area (Å²) < 4.78 is 12.4. The number of allylic oxidation sites excluding steroid dienone is 1. The number of H-pyrrole nitrogens is 1. The number of aromatic nitrogens is 2. The van der Waals surface area contributed by atoms with E-state index in [2.05, 4.69) is 58.8 Å². The number of fused-ring (bicyclic) bond motifs is 1. The van der Waals surface area contributed by atoms with E-state index in [1.807, 2.05) is 25.1 Å². The maximum Gasteiger partial charge on any atom is 0.175 e. The van der Waals surface area contributed by atoms with Gasteiger partial charge in [0, 0.05) is 0 Å². The van der Waals surface area contributed by atoms with Crippen molar-refractivity contribution in [2.24, 2.45) is 0 Å². The molecule has 3 aromatic rings. The number of hydrogen-bond donors (Lipinski definition) is 1. The van der Waals surface area contributed by atoms with Crippen LogP contribution in [0, 0.1) is 25.2 Å². The largest absolute Gasteiger partial charge is 0.490 e. The maximum atomic E-state index is 9.74. The second-order valence-corrected chi connectivity index (χ2v) is 7.67. The molecule has 0 amide bonds. The molecule has 0 aliphatic heterocycles. The highest BCUT2D eigenvalue weighted by Gasteiger charge is 2.14. The van der Waals surface area contributed by atoms with Crippen LogP contribution in [0.3, 0.4) is 0 Å². The van der Waals surface area contributed by atoms with Gasteiger partial charge in [0.15, 0.2) is 11.5 Å². The van der Waals surface area contributed by atoms with Crippen LogP contribution in [-0.4, -0.2) is 23.2 Å². The predicted molar refractivity (Wildman–Crippen MR) is 120 cm³/mol. The van der Waals surface area contributed by atoms with Gasteiger partial charge in [-0.05, 0) is 90.2 Å². The lowest BCUT2D eigenvalue weighted by molar-refractivity contribution is 0.275. The average molecular weight is 454 g/mol. The van der Waals surface area contributed by atoms with Crippen molar-refractivity contribution in [1.82, 2.24) is 9.97 Å². The first-order chi connectivity index (χ1) is 14.0. The van der Waals surface area contributed by atoms with Crippen LogP contribution in [0.4, 0.5) is 0 Å². The van der Waals surface area contributed by atoms with Crippen LogP contribution in [0.2, 0.25) is 0 Å². The monoisotopic (exact) mass is 453 g/mol. The highest BCUT2D eigenvalue weighted by atomic mass is 79.9. The summed E-state index contributed by atoms with van der Waals surface area (Å²) in [4.78, 5) is 7.87. The number of nitrogens with zero attached hydrogens (tertiary/aromatic N) is 2. The second kappa shape index (κ2) is 9.15. The Hall–Kier alpha value is -2.78. The third-order valence-corrected chi connectivity index (χ3v) is 5.16. The minimum atomic E-state index is 0.452. The zero-order chi connectivity index (χ0) is 21.0. The Bertz CT molecular complexity index is 1070. The number of benzene rings is 2. The van der Waals surface area contributed by atoms with E-state index in [1.165, 1.54) is 11.1 Å². The van der Waals surface area contributed by atoms with Crippen molar-refractivity contribution < 1.29 is 9.47 Å². The van der Waals surface area contributed by atoms with Crippen molar-refractivity contribution in [2.45, 2.75) is 34.1 Å². The zero-order valence-electron chi connectivity index (χ0n) is 17.1. The minimum Gasteiger partial charge on any atom is -0.490 e. The van der Waals surface area contributed by atoms with E-state index in [0.29, 0.717) is 36.1 Å². The van der Waals surface area contributed by atoms with Gasteiger partial charge >= 0.3 is 0 Å². The van der Waals surface area contributed by atoms with Crippen molar-refractivity contribution in [1.29, 1.82) is 5.26 Å². The van der Waals surface area contributed by atoms with E-state index in [1.54, 1.807) is 6.08 Å². The van der Waals surface area contributed by atoms with Gasteiger partial charge in [-0.25, -0.2) is 4.98 Å². The van der Waals surface area contributed by atoms with Crippen molar-refractivity contribution in [3.05, 3.63) is 51.3 Å². The Labute approximate surface area is 179 Å². The molecule has 0 aliphatic carbocycles. The fourth-order valence-corrected chi connectivity index (χ4v) is 3.57. The smallest absolute Gasteiger partial charge is 0.175 e. The first-order valence-electron chi connectivity index (χ1n) is 9.65. The van der Waals surface area contributed by atoms with Crippen LogP contribution in [0.15, 0.2) is 28.7 Å². The fraction of sp³-hybridized carbons (Fsp3) is 0.304. The van der Waals surface area contributed by atoms with Gasteiger partial charge in [0.2, 0.25) is 0 Å². The predicted octanol–water partition coefficient (Wildman–Crippen LogP) is 6.19. The molecule has 5 nitrogen and oxygen atoms in total. The zero-order valence-corrected chi connectivity index (χ0v) is 18.7. The van der Waals surface area contributed by atoms with Gasteiger partial charge in [-0.3, -0.25) is 0 Å². The Balaban J connectivity index is 2.04. The van der Waals surface area contributed by atoms with Gasteiger partial charge in [0.25, 0.3) is 0 Å². The highest BCUT2D eigenvalue weighted by Crippen LogP contribution is 2.38. The van der Waals surface area contributed by atoms with Crippen LogP contribution in [-0.2, 0) is 0 Å². The topological polar surface area (TPSA) is 70.9 Å². The number of nitriles is 1. The molecule has 1 aromatic heterocycles. The molecule has 3 rings (SSSR count). The molecule has 150 valence electrons. The minimum absolute atomic E-state index is 0.452. The molecule has 0 saturated carbocycles. The van der Waals surface area contributed by atoms with Crippen molar-refractivity contribution in [3.63, 3.8) is 0 Å². The molecule has 2 aromatic carbocycles. The van der Waals surface area contributed by atoms with Crippen LogP contribution in [0.1, 0.15) is 42.8 Å². The van der Waals surface area contributed by atoms with E-state index in [4.69, 9.17) is 9.47 Å². The first kappa shape index (κ1) is 20.9. The average Bonchev–Trinajstić information content (AvgIpc) is 3.08. The van der Waals surface area contributed by atoms with Gasteiger partial charge in [0.05, 0.1) is 34.3 Å². The highest BCUT2D eigenvalue weighted by molar-refractivity contribution is 9.10. The van der Waals surface area contributed by atoms with E-state index >= 15 is 0 Å². The lowest BCUT2D eigenvalue weighted by Gasteiger charge is -2.14.